The first kappa shape index (κ1) is 17.0. The number of piperazine rings is 1. The van der Waals surface area contributed by atoms with Gasteiger partial charge in [-0.15, -0.1) is 0 Å². The molecule has 0 saturated carbocycles. The summed E-state index contributed by atoms with van der Waals surface area (Å²) in [5, 5.41) is 0.740. The molecule has 1 aliphatic rings. The van der Waals surface area contributed by atoms with Crippen LogP contribution in [-0.4, -0.2) is 48.4 Å². The average molecular weight is 344 g/mol. The molecular weight excluding hydrogens is 322 g/mol. The molecule has 0 radical (unpaired) electrons. The highest BCUT2D eigenvalue weighted by Crippen LogP contribution is 2.30. The Balaban J connectivity index is 1.84. The fourth-order valence-corrected chi connectivity index (χ4v) is 3.38. The quantitative estimate of drug-likeness (QED) is 0.928. The number of nitrogens with two attached hydrogens (primary N) is 1. The highest BCUT2D eigenvalue weighted by Gasteiger charge is 2.27. The molecule has 4 nitrogen and oxygen atoms in total. The summed E-state index contributed by atoms with van der Waals surface area (Å²) >= 11 is 6.05. The van der Waals surface area contributed by atoms with Gasteiger partial charge in [0.1, 0.15) is 0 Å². The summed E-state index contributed by atoms with van der Waals surface area (Å²) < 4.78 is 0. The van der Waals surface area contributed by atoms with Gasteiger partial charge in [-0.25, -0.2) is 0 Å². The van der Waals surface area contributed by atoms with E-state index in [0.29, 0.717) is 13.1 Å². The van der Waals surface area contributed by atoms with E-state index in [1.165, 1.54) is 11.1 Å². The van der Waals surface area contributed by atoms with Gasteiger partial charge in [0, 0.05) is 31.2 Å². The van der Waals surface area contributed by atoms with Gasteiger partial charge in [0.15, 0.2) is 0 Å². The molecule has 1 amide bonds. The van der Waals surface area contributed by atoms with Gasteiger partial charge in [-0.3, -0.25) is 9.69 Å². The Kier molecular flexibility index (Phi) is 5.51. The summed E-state index contributed by atoms with van der Waals surface area (Å²) in [7, 11) is 0. The van der Waals surface area contributed by atoms with Gasteiger partial charge in [0.05, 0.1) is 12.6 Å². The number of benzene rings is 2. The van der Waals surface area contributed by atoms with Crippen molar-refractivity contribution in [2.24, 2.45) is 5.73 Å². The zero-order valence-corrected chi connectivity index (χ0v) is 14.3. The van der Waals surface area contributed by atoms with Gasteiger partial charge < -0.3 is 10.6 Å². The largest absolute Gasteiger partial charge is 0.339 e. The minimum absolute atomic E-state index is 0.0254. The van der Waals surface area contributed by atoms with Crippen molar-refractivity contribution >= 4 is 17.5 Å². The van der Waals surface area contributed by atoms with Gasteiger partial charge in [-0.2, -0.15) is 0 Å². The van der Waals surface area contributed by atoms with E-state index in [-0.39, 0.29) is 18.5 Å². The van der Waals surface area contributed by atoms with Crippen molar-refractivity contribution in [3.8, 4) is 0 Å². The maximum Gasteiger partial charge on any atom is 0.236 e. The average Bonchev–Trinajstić information content (AvgIpc) is 2.64. The third-order valence-electron chi connectivity index (χ3n) is 4.51. The minimum Gasteiger partial charge on any atom is -0.339 e. The Morgan fingerprint density at radius 2 is 1.54 bits per heavy atom. The highest BCUT2D eigenvalue weighted by molar-refractivity contribution is 6.30. The standard InChI is InChI=1S/C19H22ClN3O/c20-17-8-6-16(7-9-17)19(15-4-2-1-3-5-15)23-12-10-22(11-13-23)18(24)14-21/h1-9,19H,10-14,21H2. The second-order valence-corrected chi connectivity index (χ2v) is 6.42. The summed E-state index contributed by atoms with van der Waals surface area (Å²) in [5.41, 5.74) is 7.94. The molecule has 126 valence electrons. The summed E-state index contributed by atoms with van der Waals surface area (Å²) in [5.74, 6) is 0.0254. The van der Waals surface area contributed by atoms with E-state index >= 15 is 0 Å². The lowest BCUT2D eigenvalue weighted by Gasteiger charge is -2.39. The van der Waals surface area contributed by atoms with Crippen molar-refractivity contribution in [2.45, 2.75) is 6.04 Å². The second-order valence-electron chi connectivity index (χ2n) is 5.99. The van der Waals surface area contributed by atoms with Crippen molar-refractivity contribution < 1.29 is 4.79 Å². The fourth-order valence-electron chi connectivity index (χ4n) is 3.25. The monoisotopic (exact) mass is 343 g/mol. The Bertz CT molecular complexity index is 667. The Morgan fingerprint density at radius 3 is 2.12 bits per heavy atom. The van der Waals surface area contributed by atoms with Gasteiger partial charge in [-0.1, -0.05) is 54.1 Å². The summed E-state index contributed by atoms with van der Waals surface area (Å²) in [6.07, 6.45) is 0. The number of carbonyl (C=O) groups is 1. The van der Waals surface area contributed by atoms with Crippen molar-refractivity contribution in [1.29, 1.82) is 0 Å². The molecule has 24 heavy (non-hydrogen) atoms. The number of carbonyl (C=O) groups excluding carboxylic acids is 1. The van der Waals surface area contributed by atoms with Gasteiger partial charge >= 0.3 is 0 Å². The molecule has 0 aromatic heterocycles. The Morgan fingerprint density at radius 1 is 0.958 bits per heavy atom. The lowest BCUT2D eigenvalue weighted by molar-refractivity contribution is -0.131. The molecule has 2 aromatic carbocycles. The van der Waals surface area contributed by atoms with E-state index in [2.05, 4.69) is 41.3 Å². The number of amides is 1. The number of nitrogens with zero attached hydrogens (tertiary/aromatic N) is 2. The van der Waals surface area contributed by atoms with Crippen LogP contribution in [0.25, 0.3) is 0 Å². The lowest BCUT2D eigenvalue weighted by atomic mass is 9.96. The van der Waals surface area contributed by atoms with Crippen molar-refractivity contribution in [3.63, 3.8) is 0 Å². The molecule has 1 saturated heterocycles. The smallest absolute Gasteiger partial charge is 0.236 e. The molecule has 1 heterocycles. The van der Waals surface area contributed by atoms with Crippen molar-refractivity contribution in [2.75, 3.05) is 32.7 Å². The van der Waals surface area contributed by atoms with Gasteiger partial charge in [0.25, 0.3) is 0 Å². The zero-order valence-electron chi connectivity index (χ0n) is 13.6. The minimum atomic E-state index is 0.0254. The van der Waals surface area contributed by atoms with Crippen LogP contribution in [0.2, 0.25) is 5.02 Å². The molecule has 1 unspecified atom stereocenters. The summed E-state index contributed by atoms with van der Waals surface area (Å²) in [4.78, 5) is 16.1. The first-order valence-corrected chi connectivity index (χ1v) is 8.59. The first-order chi connectivity index (χ1) is 11.7. The predicted molar refractivity (Wildman–Crippen MR) is 96.9 cm³/mol. The van der Waals surface area contributed by atoms with E-state index in [0.717, 1.165) is 18.1 Å². The molecule has 3 rings (SSSR count). The van der Waals surface area contributed by atoms with E-state index in [1.54, 1.807) is 0 Å². The van der Waals surface area contributed by atoms with Crippen LogP contribution in [0, 0.1) is 0 Å². The van der Waals surface area contributed by atoms with Crippen LogP contribution in [0.1, 0.15) is 17.2 Å². The highest BCUT2D eigenvalue weighted by atomic mass is 35.5. The first-order valence-electron chi connectivity index (χ1n) is 8.21. The normalized spacial score (nSPS) is 16.8. The van der Waals surface area contributed by atoms with Crippen LogP contribution in [-0.2, 0) is 4.79 Å². The van der Waals surface area contributed by atoms with E-state index in [4.69, 9.17) is 17.3 Å². The fraction of sp³-hybridized carbons (Fsp3) is 0.316. The number of hydrogen-bond acceptors (Lipinski definition) is 3. The molecule has 1 atom stereocenters. The van der Waals surface area contributed by atoms with Crippen LogP contribution in [0.3, 0.4) is 0 Å². The zero-order chi connectivity index (χ0) is 16.9. The molecule has 1 fully saturated rings. The van der Waals surface area contributed by atoms with Gasteiger partial charge in [0.2, 0.25) is 5.91 Å². The van der Waals surface area contributed by atoms with Crippen LogP contribution in [0.4, 0.5) is 0 Å². The number of rotatable bonds is 4. The third kappa shape index (κ3) is 3.78. The van der Waals surface area contributed by atoms with Crippen LogP contribution < -0.4 is 5.73 Å². The maximum absolute atomic E-state index is 11.8. The molecule has 2 aromatic rings. The molecule has 2 N–H and O–H groups in total. The van der Waals surface area contributed by atoms with Crippen LogP contribution >= 0.6 is 11.6 Å². The Hall–Kier alpha value is -1.88. The SMILES string of the molecule is NCC(=O)N1CCN(C(c2ccccc2)c2ccc(Cl)cc2)CC1. The van der Waals surface area contributed by atoms with E-state index in [1.807, 2.05) is 23.1 Å². The Labute approximate surface area is 147 Å². The predicted octanol–water partition coefficient (Wildman–Crippen LogP) is 2.53. The lowest BCUT2D eigenvalue weighted by Crippen LogP contribution is -2.51. The summed E-state index contributed by atoms with van der Waals surface area (Å²) in [6, 6.07) is 18.6. The van der Waals surface area contributed by atoms with E-state index < -0.39 is 0 Å². The van der Waals surface area contributed by atoms with E-state index in [9.17, 15) is 4.79 Å². The maximum atomic E-state index is 11.8. The number of halogens is 1. The number of hydrogen-bond donors (Lipinski definition) is 1. The molecular formula is C19H22ClN3O. The molecule has 0 spiro atoms. The van der Waals surface area contributed by atoms with Crippen LogP contribution in [0.5, 0.6) is 0 Å². The molecule has 0 bridgehead atoms. The third-order valence-corrected chi connectivity index (χ3v) is 4.76. The molecule has 1 aliphatic heterocycles. The molecule has 0 aliphatic carbocycles. The summed E-state index contributed by atoms with van der Waals surface area (Å²) in [6.45, 7) is 3.17. The van der Waals surface area contributed by atoms with Crippen molar-refractivity contribution in [1.82, 2.24) is 9.80 Å². The second kappa shape index (κ2) is 7.79. The van der Waals surface area contributed by atoms with Crippen molar-refractivity contribution in [3.05, 3.63) is 70.7 Å². The topological polar surface area (TPSA) is 49.6 Å². The van der Waals surface area contributed by atoms with Crippen LogP contribution in [0.15, 0.2) is 54.6 Å². The molecule has 5 heteroatoms. The van der Waals surface area contributed by atoms with Gasteiger partial charge in [-0.05, 0) is 23.3 Å².